The Labute approximate surface area is 129 Å². The summed E-state index contributed by atoms with van der Waals surface area (Å²) in [6.45, 7) is 1.74. The van der Waals surface area contributed by atoms with Gasteiger partial charge in [0, 0.05) is 10.9 Å². The molecule has 1 unspecified atom stereocenters. The summed E-state index contributed by atoms with van der Waals surface area (Å²) in [5.74, 6) is -0.915. The minimum atomic E-state index is -0.890. The van der Waals surface area contributed by atoms with Gasteiger partial charge in [0.1, 0.15) is 0 Å². The molecule has 2 N–H and O–H groups in total. The third-order valence-electron chi connectivity index (χ3n) is 3.74. The zero-order valence-electron chi connectivity index (χ0n) is 12.2. The summed E-state index contributed by atoms with van der Waals surface area (Å²) in [4.78, 5) is 24.4. The first-order chi connectivity index (χ1) is 10.0. The summed E-state index contributed by atoms with van der Waals surface area (Å²) < 4.78 is -0.450. The first-order valence-electron chi connectivity index (χ1n) is 7.29. The second kappa shape index (κ2) is 6.98. The van der Waals surface area contributed by atoms with Gasteiger partial charge >= 0.3 is 5.97 Å². The highest BCUT2D eigenvalue weighted by molar-refractivity contribution is 8.01. The molecule has 0 radical (unpaired) electrons. The minimum Gasteiger partial charge on any atom is -0.481 e. The highest BCUT2D eigenvalue weighted by Crippen LogP contribution is 2.45. The number of carbonyl (C=O) groups excluding carboxylic acids is 1. The molecule has 1 saturated carbocycles. The van der Waals surface area contributed by atoms with Crippen LogP contribution in [0, 0.1) is 0 Å². The van der Waals surface area contributed by atoms with Crippen molar-refractivity contribution in [3.63, 3.8) is 0 Å². The summed E-state index contributed by atoms with van der Waals surface area (Å²) in [6.07, 6.45) is 3.73. The highest BCUT2D eigenvalue weighted by Gasteiger charge is 2.42. The van der Waals surface area contributed by atoms with Crippen LogP contribution < -0.4 is 5.32 Å². The van der Waals surface area contributed by atoms with Gasteiger partial charge in [-0.3, -0.25) is 9.59 Å². The average Bonchev–Trinajstić information content (AvgIpc) is 2.88. The standard InChI is InChI=1S/C16H21NO3S/c1-12(11-14(18)19)17-15(20)16(9-5-6-10-16)21-13-7-3-2-4-8-13/h2-4,7-8,12H,5-6,9-11H2,1H3,(H,17,20)(H,18,19). The van der Waals surface area contributed by atoms with Gasteiger partial charge < -0.3 is 10.4 Å². The Kier molecular flexibility index (Phi) is 5.28. The lowest BCUT2D eigenvalue weighted by atomic mass is 10.1. The van der Waals surface area contributed by atoms with Crippen molar-refractivity contribution in [2.24, 2.45) is 0 Å². The zero-order valence-corrected chi connectivity index (χ0v) is 13.0. The third kappa shape index (κ3) is 4.24. The van der Waals surface area contributed by atoms with E-state index in [-0.39, 0.29) is 18.4 Å². The molecule has 5 heteroatoms. The van der Waals surface area contributed by atoms with Crippen LogP contribution in [0.25, 0.3) is 0 Å². The van der Waals surface area contributed by atoms with Gasteiger partial charge in [0.25, 0.3) is 0 Å². The summed E-state index contributed by atoms with van der Waals surface area (Å²) in [6, 6.07) is 9.58. The van der Waals surface area contributed by atoms with E-state index in [4.69, 9.17) is 5.11 Å². The molecule has 2 rings (SSSR count). The molecule has 114 valence electrons. The van der Waals surface area contributed by atoms with E-state index in [9.17, 15) is 9.59 Å². The van der Waals surface area contributed by atoms with Crippen LogP contribution in [-0.4, -0.2) is 27.8 Å². The Hall–Kier alpha value is -1.49. The van der Waals surface area contributed by atoms with Crippen molar-refractivity contribution >= 4 is 23.6 Å². The van der Waals surface area contributed by atoms with Crippen molar-refractivity contribution in [1.82, 2.24) is 5.32 Å². The van der Waals surface area contributed by atoms with Crippen LogP contribution >= 0.6 is 11.8 Å². The molecule has 0 aliphatic heterocycles. The molecule has 1 aliphatic rings. The number of aliphatic carboxylic acids is 1. The van der Waals surface area contributed by atoms with E-state index in [1.165, 1.54) is 0 Å². The Morgan fingerprint density at radius 2 is 1.90 bits per heavy atom. The van der Waals surface area contributed by atoms with Gasteiger partial charge in [-0.05, 0) is 31.9 Å². The fraction of sp³-hybridized carbons (Fsp3) is 0.500. The molecule has 0 saturated heterocycles. The second-order valence-electron chi connectivity index (χ2n) is 5.59. The number of benzene rings is 1. The van der Waals surface area contributed by atoms with E-state index in [0.29, 0.717) is 0 Å². The van der Waals surface area contributed by atoms with Crippen LogP contribution in [0.1, 0.15) is 39.0 Å². The molecule has 0 bridgehead atoms. The maximum atomic E-state index is 12.6. The Balaban J connectivity index is 2.07. The number of carboxylic acids is 1. The number of hydrogen-bond donors (Lipinski definition) is 2. The minimum absolute atomic E-state index is 0.0254. The molecule has 0 heterocycles. The van der Waals surface area contributed by atoms with Gasteiger partial charge in [-0.25, -0.2) is 0 Å². The van der Waals surface area contributed by atoms with E-state index >= 15 is 0 Å². The molecule has 0 spiro atoms. The molecular weight excluding hydrogens is 286 g/mol. The van der Waals surface area contributed by atoms with Crippen molar-refractivity contribution in [3.05, 3.63) is 30.3 Å². The van der Waals surface area contributed by atoms with E-state index in [1.807, 2.05) is 30.3 Å². The maximum Gasteiger partial charge on any atom is 0.305 e. The number of amides is 1. The summed E-state index contributed by atoms with van der Waals surface area (Å²) >= 11 is 1.61. The van der Waals surface area contributed by atoms with Crippen molar-refractivity contribution in [2.75, 3.05) is 0 Å². The lowest BCUT2D eigenvalue weighted by Crippen LogP contribution is -2.46. The molecule has 4 nitrogen and oxygen atoms in total. The van der Waals surface area contributed by atoms with Crippen LogP contribution in [0.15, 0.2) is 35.2 Å². The Morgan fingerprint density at radius 3 is 2.48 bits per heavy atom. The first-order valence-corrected chi connectivity index (χ1v) is 8.10. The van der Waals surface area contributed by atoms with E-state index in [2.05, 4.69) is 5.32 Å². The molecule has 1 aromatic carbocycles. The summed E-state index contributed by atoms with van der Waals surface area (Å²) in [7, 11) is 0. The van der Waals surface area contributed by atoms with Gasteiger partial charge in [-0.1, -0.05) is 31.0 Å². The lowest BCUT2D eigenvalue weighted by Gasteiger charge is -2.28. The lowest BCUT2D eigenvalue weighted by molar-refractivity contribution is -0.137. The largest absolute Gasteiger partial charge is 0.481 e. The fourth-order valence-electron chi connectivity index (χ4n) is 2.70. The predicted octanol–water partition coefficient (Wildman–Crippen LogP) is 3.07. The van der Waals surface area contributed by atoms with Crippen molar-refractivity contribution in [1.29, 1.82) is 0 Å². The molecule has 1 aliphatic carbocycles. The highest BCUT2D eigenvalue weighted by atomic mass is 32.2. The normalized spacial score (nSPS) is 18.1. The predicted molar refractivity (Wildman–Crippen MR) is 83.4 cm³/mol. The molecule has 1 atom stereocenters. The second-order valence-corrected chi connectivity index (χ2v) is 7.05. The van der Waals surface area contributed by atoms with E-state index in [0.717, 1.165) is 30.6 Å². The molecular formula is C16H21NO3S. The molecule has 1 amide bonds. The quantitative estimate of drug-likeness (QED) is 0.847. The SMILES string of the molecule is CC(CC(=O)O)NC(=O)C1(Sc2ccccc2)CCCC1. The van der Waals surface area contributed by atoms with Crippen LogP contribution in [0.2, 0.25) is 0 Å². The topological polar surface area (TPSA) is 66.4 Å². The molecule has 1 aromatic rings. The van der Waals surface area contributed by atoms with Crippen molar-refractivity contribution in [2.45, 2.75) is 54.7 Å². The van der Waals surface area contributed by atoms with Crippen LogP contribution in [-0.2, 0) is 9.59 Å². The summed E-state index contributed by atoms with van der Waals surface area (Å²) in [5.41, 5.74) is 0. The number of carbonyl (C=O) groups is 2. The molecule has 0 aromatic heterocycles. The van der Waals surface area contributed by atoms with Crippen LogP contribution in [0.5, 0.6) is 0 Å². The van der Waals surface area contributed by atoms with E-state index in [1.54, 1.807) is 18.7 Å². The maximum absolute atomic E-state index is 12.6. The van der Waals surface area contributed by atoms with Gasteiger partial charge in [0.15, 0.2) is 0 Å². The summed E-state index contributed by atoms with van der Waals surface area (Å²) in [5, 5.41) is 11.7. The molecule has 21 heavy (non-hydrogen) atoms. The average molecular weight is 307 g/mol. The van der Waals surface area contributed by atoms with Gasteiger partial charge in [0.2, 0.25) is 5.91 Å². The zero-order chi connectivity index (χ0) is 15.3. The van der Waals surface area contributed by atoms with Gasteiger partial charge in [0.05, 0.1) is 11.2 Å². The number of carboxylic acid groups (broad SMARTS) is 1. The number of nitrogens with one attached hydrogen (secondary N) is 1. The monoisotopic (exact) mass is 307 g/mol. The fourth-order valence-corrected chi connectivity index (χ4v) is 4.09. The Morgan fingerprint density at radius 1 is 1.29 bits per heavy atom. The van der Waals surface area contributed by atoms with Crippen LogP contribution in [0.3, 0.4) is 0 Å². The van der Waals surface area contributed by atoms with Gasteiger partial charge in [-0.15, -0.1) is 11.8 Å². The molecule has 1 fully saturated rings. The number of hydrogen-bond acceptors (Lipinski definition) is 3. The third-order valence-corrected chi connectivity index (χ3v) is 5.23. The van der Waals surface area contributed by atoms with E-state index < -0.39 is 10.7 Å². The smallest absolute Gasteiger partial charge is 0.305 e. The Bertz CT molecular complexity index is 498. The van der Waals surface area contributed by atoms with Crippen LogP contribution in [0.4, 0.5) is 0 Å². The first kappa shape index (κ1) is 15.9. The number of thioether (sulfide) groups is 1. The van der Waals surface area contributed by atoms with Gasteiger partial charge in [-0.2, -0.15) is 0 Å². The van der Waals surface area contributed by atoms with Crippen molar-refractivity contribution < 1.29 is 14.7 Å². The van der Waals surface area contributed by atoms with Crippen molar-refractivity contribution in [3.8, 4) is 0 Å². The number of rotatable bonds is 6.